The molecule has 22 heavy (non-hydrogen) atoms. The standard InChI is InChI=1S/C19H29N3/c1-4-21(5-2)13-14-22-15-17(18-11-8-12-20(18)3)16-9-6-7-10-19(16)22/h6-7,9-10,15,18H,4-5,8,11-14H2,1-3H3/t18-/m1/s1. The van der Waals surface area contributed by atoms with E-state index in [-0.39, 0.29) is 0 Å². The molecule has 1 saturated heterocycles. The third kappa shape index (κ3) is 2.92. The van der Waals surface area contributed by atoms with E-state index in [2.05, 4.69) is 65.7 Å². The Morgan fingerprint density at radius 3 is 2.64 bits per heavy atom. The van der Waals surface area contributed by atoms with Gasteiger partial charge in [0, 0.05) is 36.2 Å². The zero-order valence-electron chi connectivity index (χ0n) is 14.3. The van der Waals surface area contributed by atoms with E-state index in [1.807, 2.05) is 0 Å². The van der Waals surface area contributed by atoms with E-state index in [4.69, 9.17) is 0 Å². The van der Waals surface area contributed by atoms with Crippen molar-refractivity contribution in [2.75, 3.05) is 33.2 Å². The maximum atomic E-state index is 2.51. The lowest BCUT2D eigenvalue weighted by Gasteiger charge is -2.19. The lowest BCUT2D eigenvalue weighted by atomic mass is 10.0. The largest absolute Gasteiger partial charge is 0.346 e. The fourth-order valence-corrected chi connectivity index (χ4v) is 3.82. The van der Waals surface area contributed by atoms with Crippen LogP contribution in [0.25, 0.3) is 10.9 Å². The molecule has 0 radical (unpaired) electrons. The molecule has 3 heteroatoms. The van der Waals surface area contributed by atoms with Gasteiger partial charge in [-0.05, 0) is 51.2 Å². The number of rotatable bonds is 6. The Balaban J connectivity index is 1.90. The Bertz CT molecular complexity index is 612. The molecule has 1 aliphatic heterocycles. The van der Waals surface area contributed by atoms with Crippen molar-refractivity contribution in [2.24, 2.45) is 0 Å². The second-order valence-electron chi connectivity index (χ2n) is 6.46. The van der Waals surface area contributed by atoms with Gasteiger partial charge in [-0.1, -0.05) is 32.0 Å². The maximum Gasteiger partial charge on any atom is 0.0484 e. The Morgan fingerprint density at radius 1 is 1.18 bits per heavy atom. The summed E-state index contributed by atoms with van der Waals surface area (Å²) in [5.74, 6) is 0. The minimum Gasteiger partial charge on any atom is -0.346 e. The summed E-state index contributed by atoms with van der Waals surface area (Å²) in [5, 5.41) is 1.45. The molecular formula is C19H29N3. The molecule has 3 nitrogen and oxygen atoms in total. The molecule has 0 spiro atoms. The van der Waals surface area contributed by atoms with Crippen LogP contribution >= 0.6 is 0 Å². The van der Waals surface area contributed by atoms with Gasteiger partial charge in [-0.2, -0.15) is 0 Å². The van der Waals surface area contributed by atoms with Crippen LogP contribution < -0.4 is 0 Å². The quantitative estimate of drug-likeness (QED) is 0.805. The molecule has 0 amide bonds. The molecule has 1 aromatic heterocycles. The first-order chi connectivity index (χ1) is 10.7. The van der Waals surface area contributed by atoms with E-state index in [1.54, 1.807) is 0 Å². The highest BCUT2D eigenvalue weighted by molar-refractivity contribution is 5.84. The van der Waals surface area contributed by atoms with Crippen molar-refractivity contribution >= 4 is 10.9 Å². The SMILES string of the molecule is CCN(CC)CCn1cc([C@H]2CCCN2C)c2ccccc21. The number of hydrogen-bond donors (Lipinski definition) is 0. The van der Waals surface area contributed by atoms with Crippen LogP contribution in [-0.2, 0) is 6.54 Å². The van der Waals surface area contributed by atoms with Crippen molar-refractivity contribution in [3.8, 4) is 0 Å². The Labute approximate surface area is 134 Å². The number of para-hydroxylation sites is 1. The van der Waals surface area contributed by atoms with Gasteiger partial charge in [0.1, 0.15) is 0 Å². The van der Waals surface area contributed by atoms with Gasteiger partial charge < -0.3 is 9.47 Å². The molecule has 0 bridgehead atoms. The first kappa shape index (κ1) is 15.6. The van der Waals surface area contributed by atoms with Crippen LogP contribution in [0.3, 0.4) is 0 Å². The number of likely N-dealkylation sites (tertiary alicyclic amines) is 1. The van der Waals surface area contributed by atoms with Gasteiger partial charge >= 0.3 is 0 Å². The van der Waals surface area contributed by atoms with Gasteiger partial charge in [0.15, 0.2) is 0 Å². The van der Waals surface area contributed by atoms with Gasteiger partial charge in [0.25, 0.3) is 0 Å². The van der Waals surface area contributed by atoms with Gasteiger partial charge in [-0.15, -0.1) is 0 Å². The lowest BCUT2D eigenvalue weighted by Crippen LogP contribution is -2.26. The average molecular weight is 299 g/mol. The second kappa shape index (κ2) is 6.84. The molecule has 0 aliphatic carbocycles. The molecule has 1 aromatic carbocycles. The summed E-state index contributed by atoms with van der Waals surface area (Å²) in [5.41, 5.74) is 2.92. The van der Waals surface area contributed by atoms with Crippen molar-refractivity contribution in [1.82, 2.24) is 14.4 Å². The van der Waals surface area contributed by atoms with E-state index in [0.29, 0.717) is 6.04 Å². The third-order valence-corrected chi connectivity index (χ3v) is 5.25. The monoisotopic (exact) mass is 299 g/mol. The van der Waals surface area contributed by atoms with E-state index in [0.717, 1.165) is 26.2 Å². The predicted octanol–water partition coefficient (Wildman–Crippen LogP) is 3.75. The Kier molecular flexibility index (Phi) is 4.84. The zero-order valence-corrected chi connectivity index (χ0v) is 14.3. The van der Waals surface area contributed by atoms with Crippen LogP contribution in [-0.4, -0.2) is 47.6 Å². The van der Waals surface area contributed by atoms with Gasteiger partial charge in [-0.3, -0.25) is 4.90 Å². The molecule has 3 rings (SSSR count). The highest BCUT2D eigenvalue weighted by Gasteiger charge is 2.25. The molecule has 0 N–H and O–H groups in total. The minimum atomic E-state index is 0.597. The first-order valence-corrected chi connectivity index (χ1v) is 8.75. The van der Waals surface area contributed by atoms with Gasteiger partial charge in [0.2, 0.25) is 0 Å². The summed E-state index contributed by atoms with van der Waals surface area (Å²) in [7, 11) is 2.26. The lowest BCUT2D eigenvalue weighted by molar-refractivity contribution is 0.291. The number of likely N-dealkylation sites (N-methyl/N-ethyl adjacent to an activating group) is 1. The molecule has 1 aliphatic rings. The summed E-state index contributed by atoms with van der Waals surface area (Å²) in [6.45, 7) is 10.2. The topological polar surface area (TPSA) is 11.4 Å². The molecule has 1 atom stereocenters. The van der Waals surface area contributed by atoms with Gasteiger partial charge in [0.05, 0.1) is 0 Å². The first-order valence-electron chi connectivity index (χ1n) is 8.75. The van der Waals surface area contributed by atoms with E-state index >= 15 is 0 Å². The summed E-state index contributed by atoms with van der Waals surface area (Å²) < 4.78 is 2.47. The van der Waals surface area contributed by atoms with Crippen LogP contribution in [0.4, 0.5) is 0 Å². The molecular weight excluding hydrogens is 270 g/mol. The molecule has 2 aromatic rings. The van der Waals surface area contributed by atoms with Crippen LogP contribution in [0.1, 0.15) is 38.3 Å². The number of benzene rings is 1. The van der Waals surface area contributed by atoms with E-state index in [1.165, 1.54) is 35.9 Å². The van der Waals surface area contributed by atoms with Crippen molar-refractivity contribution < 1.29 is 0 Å². The summed E-state index contributed by atoms with van der Waals surface area (Å²) in [4.78, 5) is 5.01. The van der Waals surface area contributed by atoms with Crippen molar-refractivity contribution in [2.45, 2.75) is 39.3 Å². The number of hydrogen-bond acceptors (Lipinski definition) is 2. The smallest absolute Gasteiger partial charge is 0.0484 e. The molecule has 0 unspecified atom stereocenters. The maximum absolute atomic E-state index is 2.51. The van der Waals surface area contributed by atoms with Crippen molar-refractivity contribution in [3.05, 3.63) is 36.0 Å². The summed E-state index contributed by atoms with van der Waals surface area (Å²) >= 11 is 0. The Hall–Kier alpha value is -1.32. The number of aromatic nitrogens is 1. The van der Waals surface area contributed by atoms with Crippen LogP contribution in [0, 0.1) is 0 Å². The second-order valence-corrected chi connectivity index (χ2v) is 6.46. The number of fused-ring (bicyclic) bond motifs is 1. The summed E-state index contributed by atoms with van der Waals surface area (Å²) in [6.07, 6.45) is 5.03. The molecule has 0 saturated carbocycles. The highest BCUT2D eigenvalue weighted by Crippen LogP contribution is 2.35. The van der Waals surface area contributed by atoms with E-state index in [9.17, 15) is 0 Å². The van der Waals surface area contributed by atoms with Crippen molar-refractivity contribution in [3.63, 3.8) is 0 Å². The average Bonchev–Trinajstić information content (AvgIpc) is 3.12. The fourth-order valence-electron chi connectivity index (χ4n) is 3.82. The highest BCUT2D eigenvalue weighted by atomic mass is 15.2. The van der Waals surface area contributed by atoms with Crippen LogP contribution in [0.5, 0.6) is 0 Å². The number of nitrogens with zero attached hydrogens (tertiary/aromatic N) is 3. The van der Waals surface area contributed by atoms with E-state index < -0.39 is 0 Å². The van der Waals surface area contributed by atoms with Crippen LogP contribution in [0.2, 0.25) is 0 Å². The minimum absolute atomic E-state index is 0.597. The normalized spacial score (nSPS) is 19.5. The fraction of sp³-hybridized carbons (Fsp3) is 0.579. The van der Waals surface area contributed by atoms with Gasteiger partial charge in [-0.25, -0.2) is 0 Å². The molecule has 120 valence electrons. The summed E-state index contributed by atoms with van der Waals surface area (Å²) in [6, 6.07) is 9.51. The Morgan fingerprint density at radius 2 is 1.95 bits per heavy atom. The molecule has 2 heterocycles. The predicted molar refractivity (Wildman–Crippen MR) is 94.3 cm³/mol. The third-order valence-electron chi connectivity index (χ3n) is 5.25. The van der Waals surface area contributed by atoms with Crippen molar-refractivity contribution in [1.29, 1.82) is 0 Å². The molecule has 1 fully saturated rings. The zero-order chi connectivity index (χ0) is 15.5. The van der Waals surface area contributed by atoms with Crippen LogP contribution in [0.15, 0.2) is 30.5 Å².